The summed E-state index contributed by atoms with van der Waals surface area (Å²) >= 11 is 0. The third-order valence-corrected chi connectivity index (χ3v) is 4.85. The van der Waals surface area contributed by atoms with Gasteiger partial charge in [0.05, 0.1) is 16.6 Å². The fourth-order valence-corrected chi connectivity index (χ4v) is 3.73. The molecule has 0 radical (unpaired) electrons. The second-order valence-corrected chi connectivity index (χ2v) is 6.09. The molecule has 3 aromatic rings. The van der Waals surface area contributed by atoms with Crippen LogP contribution in [0.5, 0.6) is 0 Å². The molecule has 2 aromatic heterocycles. The van der Waals surface area contributed by atoms with Crippen LogP contribution in [0, 0.1) is 6.92 Å². The number of hydrogen-bond acceptors (Lipinski definition) is 3. The van der Waals surface area contributed by atoms with Crippen molar-refractivity contribution in [3.8, 4) is 0 Å². The summed E-state index contributed by atoms with van der Waals surface area (Å²) in [6.07, 6.45) is 3.23. The second-order valence-electron chi connectivity index (χ2n) is 4.30. The molecule has 19 heavy (non-hydrogen) atoms. The van der Waals surface area contributed by atoms with E-state index in [1.807, 2.05) is 6.07 Å². The van der Waals surface area contributed by atoms with Crippen LogP contribution < -0.4 is 0 Å². The van der Waals surface area contributed by atoms with Crippen LogP contribution in [-0.2, 0) is 10.0 Å². The molecule has 1 aromatic carbocycles. The standard InChI is InChI=1S/C14H12N2O2S/c1-11-9-12-7-8-15-10-14(12)16(11)19(17,18)13-5-3-2-4-6-13/h2-10H,1H3. The summed E-state index contributed by atoms with van der Waals surface area (Å²) in [5.74, 6) is 0. The maximum atomic E-state index is 12.7. The third kappa shape index (κ3) is 1.82. The number of rotatable bonds is 2. The molecule has 0 saturated heterocycles. The van der Waals surface area contributed by atoms with Crippen molar-refractivity contribution >= 4 is 20.9 Å². The summed E-state index contributed by atoms with van der Waals surface area (Å²) in [4.78, 5) is 4.29. The predicted octanol–water partition coefficient (Wildman–Crippen LogP) is 2.58. The summed E-state index contributed by atoms with van der Waals surface area (Å²) in [6, 6.07) is 12.1. The van der Waals surface area contributed by atoms with Crippen LogP contribution in [0.25, 0.3) is 10.9 Å². The molecule has 5 heteroatoms. The van der Waals surface area contributed by atoms with Gasteiger partial charge in [-0.1, -0.05) is 18.2 Å². The molecule has 4 nitrogen and oxygen atoms in total. The topological polar surface area (TPSA) is 52.0 Å². The Labute approximate surface area is 111 Å². The zero-order chi connectivity index (χ0) is 13.5. The molecule has 0 spiro atoms. The Balaban J connectivity index is 2.34. The third-order valence-electron chi connectivity index (χ3n) is 3.02. The van der Waals surface area contributed by atoms with Gasteiger partial charge < -0.3 is 0 Å². The van der Waals surface area contributed by atoms with Crippen molar-refractivity contribution in [2.24, 2.45) is 0 Å². The Hall–Kier alpha value is -2.14. The molecule has 0 fully saturated rings. The van der Waals surface area contributed by atoms with E-state index in [4.69, 9.17) is 0 Å². The van der Waals surface area contributed by atoms with E-state index < -0.39 is 10.0 Å². The van der Waals surface area contributed by atoms with Crippen LogP contribution in [-0.4, -0.2) is 17.4 Å². The first-order valence-corrected chi connectivity index (χ1v) is 7.27. The van der Waals surface area contributed by atoms with E-state index in [0.29, 0.717) is 11.2 Å². The summed E-state index contributed by atoms with van der Waals surface area (Å²) in [7, 11) is -3.58. The zero-order valence-electron chi connectivity index (χ0n) is 10.3. The summed E-state index contributed by atoms with van der Waals surface area (Å²) in [5, 5.41) is 0.868. The van der Waals surface area contributed by atoms with Crippen LogP contribution in [0.4, 0.5) is 0 Å². The molecular weight excluding hydrogens is 260 g/mol. The van der Waals surface area contributed by atoms with Gasteiger partial charge in [-0.3, -0.25) is 4.98 Å². The lowest BCUT2D eigenvalue weighted by atomic mass is 10.3. The monoisotopic (exact) mass is 272 g/mol. The molecule has 0 amide bonds. The second kappa shape index (κ2) is 4.20. The lowest BCUT2D eigenvalue weighted by Gasteiger charge is -2.09. The highest BCUT2D eigenvalue weighted by molar-refractivity contribution is 7.90. The molecule has 0 aliphatic heterocycles. The maximum absolute atomic E-state index is 12.7. The quantitative estimate of drug-likeness (QED) is 0.720. The Morgan fingerprint density at radius 2 is 1.84 bits per heavy atom. The minimum atomic E-state index is -3.58. The average molecular weight is 272 g/mol. The predicted molar refractivity (Wildman–Crippen MR) is 73.5 cm³/mol. The molecular formula is C14H12N2O2S. The van der Waals surface area contributed by atoms with Crippen molar-refractivity contribution < 1.29 is 8.42 Å². The van der Waals surface area contributed by atoms with Crippen LogP contribution in [0.2, 0.25) is 0 Å². The van der Waals surface area contributed by atoms with Gasteiger partial charge in [-0.25, -0.2) is 12.4 Å². The lowest BCUT2D eigenvalue weighted by molar-refractivity contribution is 0.588. The normalized spacial score (nSPS) is 11.8. The Bertz CT molecular complexity index is 836. The highest BCUT2D eigenvalue weighted by Crippen LogP contribution is 2.24. The van der Waals surface area contributed by atoms with Crippen LogP contribution in [0.15, 0.2) is 59.8 Å². The Morgan fingerprint density at radius 3 is 2.58 bits per heavy atom. The highest BCUT2D eigenvalue weighted by Gasteiger charge is 2.20. The number of nitrogens with zero attached hydrogens (tertiary/aromatic N) is 2. The van der Waals surface area contributed by atoms with Crippen LogP contribution >= 0.6 is 0 Å². The fraction of sp³-hybridized carbons (Fsp3) is 0.0714. The number of benzene rings is 1. The molecule has 0 saturated carbocycles. The van der Waals surface area contributed by atoms with Gasteiger partial charge in [-0.2, -0.15) is 0 Å². The molecule has 0 aliphatic rings. The molecule has 0 N–H and O–H groups in total. The van der Waals surface area contributed by atoms with Crippen molar-refractivity contribution in [2.45, 2.75) is 11.8 Å². The van der Waals surface area contributed by atoms with E-state index in [2.05, 4.69) is 4.98 Å². The average Bonchev–Trinajstić information content (AvgIpc) is 2.76. The largest absolute Gasteiger partial charge is 0.268 e. The molecule has 0 atom stereocenters. The van der Waals surface area contributed by atoms with Crippen LogP contribution in [0.3, 0.4) is 0 Å². The van der Waals surface area contributed by atoms with Gasteiger partial charge in [0.2, 0.25) is 0 Å². The molecule has 0 unspecified atom stereocenters. The highest BCUT2D eigenvalue weighted by atomic mass is 32.2. The van der Waals surface area contributed by atoms with Gasteiger partial charge in [0, 0.05) is 17.3 Å². The van der Waals surface area contributed by atoms with E-state index in [1.54, 1.807) is 55.7 Å². The van der Waals surface area contributed by atoms with E-state index in [0.717, 1.165) is 5.39 Å². The van der Waals surface area contributed by atoms with Crippen molar-refractivity contribution in [1.82, 2.24) is 8.96 Å². The van der Waals surface area contributed by atoms with Crippen molar-refractivity contribution in [1.29, 1.82) is 0 Å². The van der Waals surface area contributed by atoms with Gasteiger partial charge in [-0.05, 0) is 31.2 Å². The minimum absolute atomic E-state index is 0.277. The number of pyridine rings is 1. The number of aromatic nitrogens is 2. The van der Waals surface area contributed by atoms with E-state index in [-0.39, 0.29) is 4.90 Å². The number of hydrogen-bond donors (Lipinski definition) is 0. The number of aryl methyl sites for hydroxylation is 1. The molecule has 2 heterocycles. The fourth-order valence-electron chi connectivity index (χ4n) is 2.18. The molecule has 0 aliphatic carbocycles. The van der Waals surface area contributed by atoms with Gasteiger partial charge in [0.25, 0.3) is 10.0 Å². The Morgan fingerprint density at radius 1 is 1.11 bits per heavy atom. The Kier molecular flexibility index (Phi) is 2.64. The van der Waals surface area contributed by atoms with E-state index >= 15 is 0 Å². The first-order valence-electron chi connectivity index (χ1n) is 5.83. The lowest BCUT2D eigenvalue weighted by Crippen LogP contribution is -2.14. The number of fused-ring (bicyclic) bond motifs is 1. The van der Waals surface area contributed by atoms with Gasteiger partial charge in [0.1, 0.15) is 0 Å². The summed E-state index contributed by atoms with van der Waals surface area (Å²) < 4.78 is 26.7. The van der Waals surface area contributed by atoms with Crippen molar-refractivity contribution in [3.63, 3.8) is 0 Å². The van der Waals surface area contributed by atoms with Crippen LogP contribution in [0.1, 0.15) is 5.69 Å². The zero-order valence-corrected chi connectivity index (χ0v) is 11.1. The minimum Gasteiger partial charge on any atom is -0.262 e. The first-order chi connectivity index (χ1) is 9.10. The maximum Gasteiger partial charge on any atom is 0.268 e. The smallest absolute Gasteiger partial charge is 0.262 e. The van der Waals surface area contributed by atoms with E-state index in [1.165, 1.54) is 3.97 Å². The molecule has 0 bridgehead atoms. The first kappa shape index (κ1) is 11.9. The van der Waals surface area contributed by atoms with Crippen molar-refractivity contribution in [3.05, 3.63) is 60.6 Å². The van der Waals surface area contributed by atoms with E-state index in [9.17, 15) is 8.42 Å². The van der Waals surface area contributed by atoms with Gasteiger partial charge >= 0.3 is 0 Å². The summed E-state index contributed by atoms with van der Waals surface area (Å²) in [5.41, 5.74) is 1.27. The van der Waals surface area contributed by atoms with Gasteiger partial charge in [-0.15, -0.1) is 0 Å². The molecule has 96 valence electrons. The van der Waals surface area contributed by atoms with Crippen molar-refractivity contribution in [2.75, 3.05) is 0 Å². The van der Waals surface area contributed by atoms with Gasteiger partial charge in [0.15, 0.2) is 0 Å². The molecule has 3 rings (SSSR count). The SMILES string of the molecule is Cc1cc2ccncc2n1S(=O)(=O)c1ccccc1. The summed E-state index contributed by atoms with van der Waals surface area (Å²) in [6.45, 7) is 1.78.